The van der Waals surface area contributed by atoms with Gasteiger partial charge in [0, 0.05) is 5.56 Å². The van der Waals surface area contributed by atoms with E-state index in [4.69, 9.17) is 0 Å². The number of nitrogens with zero attached hydrogens (tertiary/aromatic N) is 2. The first-order chi connectivity index (χ1) is 7.18. The van der Waals surface area contributed by atoms with Crippen molar-refractivity contribution in [3.63, 3.8) is 0 Å². The first kappa shape index (κ1) is 9.90. The SMILES string of the molecule is Cc1ccc(-c2ncn[nH]2)cc1C(C)C. The van der Waals surface area contributed by atoms with Gasteiger partial charge in [-0.3, -0.25) is 5.10 Å². The molecule has 1 aromatic heterocycles. The van der Waals surface area contributed by atoms with Gasteiger partial charge in [-0.25, -0.2) is 4.98 Å². The number of benzene rings is 1. The third-order valence-electron chi connectivity index (χ3n) is 2.59. The summed E-state index contributed by atoms with van der Waals surface area (Å²) in [5, 5.41) is 6.74. The van der Waals surface area contributed by atoms with Gasteiger partial charge in [0.25, 0.3) is 0 Å². The molecule has 0 spiro atoms. The first-order valence-corrected chi connectivity index (χ1v) is 5.15. The molecule has 0 aliphatic carbocycles. The van der Waals surface area contributed by atoms with Crippen LogP contribution in [0, 0.1) is 6.92 Å². The topological polar surface area (TPSA) is 41.6 Å². The molecule has 0 bridgehead atoms. The zero-order chi connectivity index (χ0) is 10.8. The lowest BCUT2D eigenvalue weighted by molar-refractivity contribution is 0.856. The van der Waals surface area contributed by atoms with Gasteiger partial charge in [-0.05, 0) is 30.0 Å². The Morgan fingerprint density at radius 2 is 2.07 bits per heavy atom. The smallest absolute Gasteiger partial charge is 0.155 e. The second-order valence-electron chi connectivity index (χ2n) is 4.06. The summed E-state index contributed by atoms with van der Waals surface area (Å²) in [5.74, 6) is 1.37. The molecule has 0 fully saturated rings. The summed E-state index contributed by atoms with van der Waals surface area (Å²) in [4.78, 5) is 4.15. The molecular weight excluding hydrogens is 186 g/mol. The van der Waals surface area contributed by atoms with Crippen LogP contribution in [0.2, 0.25) is 0 Å². The van der Waals surface area contributed by atoms with Crippen LogP contribution in [0.15, 0.2) is 24.5 Å². The molecule has 1 heterocycles. The van der Waals surface area contributed by atoms with Gasteiger partial charge in [0.2, 0.25) is 0 Å². The maximum absolute atomic E-state index is 4.15. The molecule has 0 amide bonds. The van der Waals surface area contributed by atoms with E-state index in [9.17, 15) is 0 Å². The standard InChI is InChI=1S/C12H15N3/c1-8(2)11-6-10(5-4-9(11)3)12-13-7-14-15-12/h4-8H,1-3H3,(H,13,14,15). The fourth-order valence-corrected chi connectivity index (χ4v) is 1.75. The molecule has 0 saturated carbocycles. The molecule has 0 radical (unpaired) electrons. The molecule has 2 rings (SSSR count). The maximum atomic E-state index is 4.15. The zero-order valence-electron chi connectivity index (χ0n) is 9.28. The highest BCUT2D eigenvalue weighted by Crippen LogP contribution is 2.24. The molecule has 3 nitrogen and oxygen atoms in total. The Hall–Kier alpha value is -1.64. The Balaban J connectivity index is 2.48. The molecule has 2 aromatic rings. The summed E-state index contributed by atoms with van der Waals surface area (Å²) >= 11 is 0. The van der Waals surface area contributed by atoms with E-state index in [1.165, 1.54) is 17.5 Å². The van der Waals surface area contributed by atoms with Gasteiger partial charge in [0.15, 0.2) is 5.82 Å². The average molecular weight is 201 g/mol. The Bertz CT molecular complexity index is 444. The van der Waals surface area contributed by atoms with Crippen LogP contribution in [0.25, 0.3) is 11.4 Å². The monoisotopic (exact) mass is 201 g/mol. The highest BCUT2D eigenvalue weighted by Gasteiger charge is 2.07. The molecule has 3 heteroatoms. The van der Waals surface area contributed by atoms with E-state index in [0.29, 0.717) is 5.92 Å². The van der Waals surface area contributed by atoms with Crippen molar-refractivity contribution in [1.29, 1.82) is 0 Å². The average Bonchev–Trinajstić information content (AvgIpc) is 2.71. The van der Waals surface area contributed by atoms with Crippen molar-refractivity contribution in [2.75, 3.05) is 0 Å². The van der Waals surface area contributed by atoms with Gasteiger partial charge in [-0.1, -0.05) is 26.0 Å². The number of hydrogen-bond acceptors (Lipinski definition) is 2. The lowest BCUT2D eigenvalue weighted by Crippen LogP contribution is -1.93. The van der Waals surface area contributed by atoms with Crippen LogP contribution in [0.1, 0.15) is 30.9 Å². The Kier molecular flexibility index (Phi) is 2.54. The van der Waals surface area contributed by atoms with Crippen LogP contribution >= 0.6 is 0 Å². The van der Waals surface area contributed by atoms with E-state index in [0.717, 1.165) is 11.4 Å². The molecule has 0 aliphatic rings. The summed E-state index contributed by atoms with van der Waals surface area (Å²) in [6.07, 6.45) is 1.53. The van der Waals surface area contributed by atoms with Crippen LogP contribution in [0.3, 0.4) is 0 Å². The van der Waals surface area contributed by atoms with Gasteiger partial charge in [0.05, 0.1) is 0 Å². The summed E-state index contributed by atoms with van der Waals surface area (Å²) in [6, 6.07) is 6.38. The lowest BCUT2D eigenvalue weighted by atomic mass is 9.96. The molecule has 0 atom stereocenters. The predicted molar refractivity (Wildman–Crippen MR) is 60.6 cm³/mol. The molecule has 1 aromatic carbocycles. The van der Waals surface area contributed by atoms with Crippen molar-refractivity contribution in [2.24, 2.45) is 0 Å². The van der Waals surface area contributed by atoms with Crippen LogP contribution in [-0.4, -0.2) is 15.2 Å². The fourth-order valence-electron chi connectivity index (χ4n) is 1.75. The third-order valence-corrected chi connectivity index (χ3v) is 2.59. The second kappa shape index (κ2) is 3.85. The Morgan fingerprint density at radius 3 is 2.67 bits per heavy atom. The predicted octanol–water partition coefficient (Wildman–Crippen LogP) is 2.90. The van der Waals surface area contributed by atoms with E-state index < -0.39 is 0 Å². The molecule has 0 saturated heterocycles. The van der Waals surface area contributed by atoms with Gasteiger partial charge in [-0.15, -0.1) is 0 Å². The highest BCUT2D eigenvalue weighted by molar-refractivity contribution is 5.57. The molecule has 0 unspecified atom stereocenters. The maximum Gasteiger partial charge on any atom is 0.155 e. The number of aromatic nitrogens is 3. The van der Waals surface area contributed by atoms with Gasteiger partial charge in [-0.2, -0.15) is 5.10 Å². The zero-order valence-corrected chi connectivity index (χ0v) is 9.28. The summed E-state index contributed by atoms with van der Waals surface area (Å²) in [5.41, 5.74) is 3.79. The van der Waals surface area contributed by atoms with Crippen molar-refractivity contribution in [1.82, 2.24) is 15.2 Å². The van der Waals surface area contributed by atoms with E-state index in [-0.39, 0.29) is 0 Å². The largest absolute Gasteiger partial charge is 0.259 e. The number of aromatic amines is 1. The van der Waals surface area contributed by atoms with Crippen LogP contribution in [0.4, 0.5) is 0 Å². The molecule has 1 N–H and O–H groups in total. The van der Waals surface area contributed by atoms with Crippen molar-refractivity contribution >= 4 is 0 Å². The van der Waals surface area contributed by atoms with Crippen molar-refractivity contribution < 1.29 is 0 Å². The minimum atomic E-state index is 0.535. The molecule has 78 valence electrons. The van der Waals surface area contributed by atoms with Crippen LogP contribution in [-0.2, 0) is 0 Å². The second-order valence-corrected chi connectivity index (χ2v) is 4.06. The quantitative estimate of drug-likeness (QED) is 0.811. The fraction of sp³-hybridized carbons (Fsp3) is 0.333. The van der Waals surface area contributed by atoms with Crippen molar-refractivity contribution in [3.8, 4) is 11.4 Å². The minimum absolute atomic E-state index is 0.535. The Morgan fingerprint density at radius 1 is 1.27 bits per heavy atom. The molecule has 15 heavy (non-hydrogen) atoms. The Labute approximate surface area is 89.6 Å². The lowest BCUT2D eigenvalue weighted by Gasteiger charge is -2.10. The van der Waals surface area contributed by atoms with E-state index >= 15 is 0 Å². The normalized spacial score (nSPS) is 10.9. The summed E-state index contributed by atoms with van der Waals surface area (Å²) in [6.45, 7) is 6.54. The number of aryl methyl sites for hydroxylation is 1. The van der Waals surface area contributed by atoms with Crippen LogP contribution in [0.5, 0.6) is 0 Å². The third kappa shape index (κ3) is 1.91. The highest BCUT2D eigenvalue weighted by atomic mass is 15.2. The van der Waals surface area contributed by atoms with E-state index in [1.807, 2.05) is 0 Å². The van der Waals surface area contributed by atoms with Crippen molar-refractivity contribution in [3.05, 3.63) is 35.7 Å². The van der Waals surface area contributed by atoms with Gasteiger partial charge >= 0.3 is 0 Å². The van der Waals surface area contributed by atoms with Gasteiger partial charge < -0.3 is 0 Å². The summed E-state index contributed by atoms with van der Waals surface area (Å²) in [7, 11) is 0. The number of nitrogens with one attached hydrogen (secondary N) is 1. The minimum Gasteiger partial charge on any atom is -0.259 e. The number of H-pyrrole nitrogens is 1. The summed E-state index contributed by atoms with van der Waals surface area (Å²) < 4.78 is 0. The van der Waals surface area contributed by atoms with Gasteiger partial charge in [0.1, 0.15) is 6.33 Å². The molecular formula is C12H15N3. The van der Waals surface area contributed by atoms with Crippen molar-refractivity contribution in [2.45, 2.75) is 26.7 Å². The first-order valence-electron chi connectivity index (χ1n) is 5.15. The molecule has 0 aliphatic heterocycles. The number of rotatable bonds is 2. The number of hydrogen-bond donors (Lipinski definition) is 1. The van der Waals surface area contributed by atoms with E-state index in [1.54, 1.807) is 0 Å². The van der Waals surface area contributed by atoms with E-state index in [2.05, 4.69) is 54.2 Å². The van der Waals surface area contributed by atoms with Crippen LogP contribution < -0.4 is 0 Å².